The number of nitrogens with zero attached hydrogens (tertiary/aromatic N) is 2. The molecule has 1 atom stereocenters. The zero-order valence-corrected chi connectivity index (χ0v) is 8.90. The van der Waals surface area contributed by atoms with Gasteiger partial charge in [-0.3, -0.25) is 0 Å². The molecule has 1 aromatic heterocycles. The Morgan fingerprint density at radius 1 is 1.50 bits per heavy atom. The van der Waals surface area contributed by atoms with Crippen molar-refractivity contribution in [2.75, 3.05) is 19.0 Å². The van der Waals surface area contributed by atoms with E-state index in [1.165, 1.54) is 6.33 Å². The predicted octanol–water partition coefficient (Wildman–Crippen LogP) is 1.56. The minimum absolute atomic E-state index is 0.287. The molecule has 1 N–H and O–H groups in total. The minimum Gasteiger partial charge on any atom is -0.383 e. The molecule has 0 radical (unpaired) electrons. The molecule has 0 aliphatic carbocycles. The normalized spacial score (nSPS) is 12.9. The monoisotopic (exact) mass is 195 g/mol. The van der Waals surface area contributed by atoms with Crippen molar-refractivity contribution in [3.8, 4) is 0 Å². The first-order valence-electron chi connectivity index (χ1n) is 4.75. The Labute approximate surface area is 84.7 Å². The topological polar surface area (TPSA) is 47.0 Å². The molecule has 14 heavy (non-hydrogen) atoms. The molecule has 1 rings (SSSR count). The van der Waals surface area contributed by atoms with Crippen LogP contribution in [0.2, 0.25) is 0 Å². The van der Waals surface area contributed by atoms with E-state index in [2.05, 4.69) is 29.1 Å². The van der Waals surface area contributed by atoms with Gasteiger partial charge in [0.2, 0.25) is 0 Å². The van der Waals surface area contributed by atoms with Gasteiger partial charge in [0.1, 0.15) is 12.1 Å². The lowest BCUT2D eigenvalue weighted by Crippen LogP contribution is -2.30. The van der Waals surface area contributed by atoms with Crippen LogP contribution >= 0.6 is 0 Å². The highest BCUT2D eigenvalue weighted by molar-refractivity contribution is 5.33. The highest BCUT2D eigenvalue weighted by Gasteiger charge is 2.12. The molecule has 0 spiro atoms. The number of methoxy groups -OCH3 is 1. The fourth-order valence-corrected chi connectivity index (χ4v) is 1.15. The molecule has 0 bridgehead atoms. The Bertz CT molecular complexity index is 251. The van der Waals surface area contributed by atoms with Crippen LogP contribution in [0.5, 0.6) is 0 Å². The fourth-order valence-electron chi connectivity index (χ4n) is 1.15. The Morgan fingerprint density at radius 3 is 2.79 bits per heavy atom. The molecular formula is C10H17N3O. The number of nitrogens with one attached hydrogen (secondary N) is 1. The Hall–Kier alpha value is -1.16. The summed E-state index contributed by atoms with van der Waals surface area (Å²) in [6.45, 7) is 4.98. The highest BCUT2D eigenvalue weighted by Crippen LogP contribution is 2.09. The summed E-state index contributed by atoms with van der Waals surface area (Å²) in [5, 5.41) is 3.30. The molecule has 1 aromatic rings. The first kappa shape index (κ1) is 10.9. The van der Waals surface area contributed by atoms with Crippen molar-refractivity contribution in [3.05, 3.63) is 18.6 Å². The van der Waals surface area contributed by atoms with E-state index in [9.17, 15) is 0 Å². The third-order valence-electron chi connectivity index (χ3n) is 2.07. The lowest BCUT2D eigenvalue weighted by Gasteiger charge is -2.21. The van der Waals surface area contributed by atoms with Gasteiger partial charge >= 0.3 is 0 Å². The molecular weight excluding hydrogens is 178 g/mol. The molecule has 0 saturated carbocycles. The van der Waals surface area contributed by atoms with Crippen molar-refractivity contribution in [3.63, 3.8) is 0 Å². The van der Waals surface area contributed by atoms with Gasteiger partial charge in [-0.25, -0.2) is 9.97 Å². The van der Waals surface area contributed by atoms with E-state index in [0.717, 1.165) is 5.82 Å². The van der Waals surface area contributed by atoms with E-state index in [0.29, 0.717) is 12.5 Å². The van der Waals surface area contributed by atoms with E-state index >= 15 is 0 Å². The molecule has 0 fully saturated rings. The van der Waals surface area contributed by atoms with Crippen molar-refractivity contribution in [1.29, 1.82) is 0 Å². The number of anilines is 1. The second kappa shape index (κ2) is 5.54. The van der Waals surface area contributed by atoms with Crippen LogP contribution in [0, 0.1) is 5.92 Å². The second-order valence-corrected chi connectivity index (χ2v) is 3.54. The van der Waals surface area contributed by atoms with E-state index in [-0.39, 0.29) is 6.04 Å². The van der Waals surface area contributed by atoms with Crippen LogP contribution in [-0.4, -0.2) is 29.7 Å². The van der Waals surface area contributed by atoms with E-state index in [4.69, 9.17) is 4.74 Å². The molecule has 0 saturated heterocycles. The van der Waals surface area contributed by atoms with Gasteiger partial charge in [0.15, 0.2) is 0 Å². The Balaban J connectivity index is 2.55. The number of hydrogen-bond donors (Lipinski definition) is 1. The van der Waals surface area contributed by atoms with Crippen molar-refractivity contribution in [2.24, 2.45) is 5.92 Å². The summed E-state index contributed by atoms with van der Waals surface area (Å²) in [5.41, 5.74) is 0. The van der Waals surface area contributed by atoms with Crippen LogP contribution in [0.3, 0.4) is 0 Å². The molecule has 1 heterocycles. The Kier molecular flexibility index (Phi) is 4.32. The number of rotatable bonds is 5. The van der Waals surface area contributed by atoms with Crippen molar-refractivity contribution >= 4 is 5.82 Å². The van der Waals surface area contributed by atoms with Gasteiger partial charge in [0.25, 0.3) is 0 Å². The number of ether oxygens (including phenoxy) is 1. The van der Waals surface area contributed by atoms with Crippen LogP contribution in [0.4, 0.5) is 5.82 Å². The smallest absolute Gasteiger partial charge is 0.129 e. The zero-order valence-electron chi connectivity index (χ0n) is 8.90. The van der Waals surface area contributed by atoms with Crippen LogP contribution < -0.4 is 5.32 Å². The van der Waals surface area contributed by atoms with Gasteiger partial charge in [0, 0.05) is 13.3 Å². The average molecular weight is 195 g/mol. The van der Waals surface area contributed by atoms with E-state index in [1.54, 1.807) is 13.3 Å². The van der Waals surface area contributed by atoms with Gasteiger partial charge in [-0.15, -0.1) is 0 Å². The van der Waals surface area contributed by atoms with Gasteiger partial charge in [-0.05, 0) is 12.0 Å². The summed E-state index contributed by atoms with van der Waals surface area (Å²) in [7, 11) is 1.71. The SMILES string of the molecule is COCC(Nc1ccncn1)C(C)C. The summed E-state index contributed by atoms with van der Waals surface area (Å²) < 4.78 is 5.13. The lowest BCUT2D eigenvalue weighted by atomic mass is 10.1. The Morgan fingerprint density at radius 2 is 2.29 bits per heavy atom. The molecule has 0 aromatic carbocycles. The van der Waals surface area contributed by atoms with Crippen LogP contribution in [0.25, 0.3) is 0 Å². The lowest BCUT2D eigenvalue weighted by molar-refractivity contribution is 0.171. The first-order valence-corrected chi connectivity index (χ1v) is 4.75. The third-order valence-corrected chi connectivity index (χ3v) is 2.07. The van der Waals surface area contributed by atoms with Gasteiger partial charge in [0.05, 0.1) is 12.6 Å². The molecule has 4 nitrogen and oxygen atoms in total. The maximum absolute atomic E-state index is 5.13. The first-order chi connectivity index (χ1) is 6.74. The molecule has 0 aliphatic heterocycles. The number of hydrogen-bond acceptors (Lipinski definition) is 4. The second-order valence-electron chi connectivity index (χ2n) is 3.54. The fraction of sp³-hybridized carbons (Fsp3) is 0.600. The highest BCUT2D eigenvalue weighted by atomic mass is 16.5. The summed E-state index contributed by atoms with van der Waals surface area (Å²) in [5.74, 6) is 1.35. The van der Waals surface area contributed by atoms with Crippen molar-refractivity contribution in [2.45, 2.75) is 19.9 Å². The largest absolute Gasteiger partial charge is 0.383 e. The van der Waals surface area contributed by atoms with Gasteiger partial charge in [-0.2, -0.15) is 0 Å². The van der Waals surface area contributed by atoms with Crippen molar-refractivity contribution < 1.29 is 4.74 Å². The standard InChI is InChI=1S/C10H17N3O/c1-8(2)9(6-14-3)13-10-4-5-11-7-12-10/h4-5,7-9H,6H2,1-3H3,(H,11,12,13). The molecule has 78 valence electrons. The van der Waals surface area contributed by atoms with E-state index < -0.39 is 0 Å². The van der Waals surface area contributed by atoms with Crippen LogP contribution in [0.1, 0.15) is 13.8 Å². The van der Waals surface area contributed by atoms with Crippen LogP contribution in [-0.2, 0) is 4.74 Å². The average Bonchev–Trinajstić information content (AvgIpc) is 2.18. The summed E-state index contributed by atoms with van der Waals surface area (Å²) in [4.78, 5) is 7.97. The predicted molar refractivity (Wildman–Crippen MR) is 56.2 cm³/mol. The molecule has 0 amide bonds. The van der Waals surface area contributed by atoms with E-state index in [1.807, 2.05) is 6.07 Å². The maximum atomic E-state index is 5.13. The third kappa shape index (κ3) is 3.30. The van der Waals surface area contributed by atoms with Gasteiger partial charge in [-0.1, -0.05) is 13.8 Å². The van der Waals surface area contributed by atoms with Crippen LogP contribution in [0.15, 0.2) is 18.6 Å². The summed E-state index contributed by atoms with van der Waals surface area (Å²) in [6, 6.07) is 2.14. The van der Waals surface area contributed by atoms with Crippen molar-refractivity contribution in [1.82, 2.24) is 9.97 Å². The zero-order chi connectivity index (χ0) is 10.4. The van der Waals surface area contributed by atoms with Gasteiger partial charge < -0.3 is 10.1 Å². The maximum Gasteiger partial charge on any atom is 0.129 e. The molecule has 1 unspecified atom stereocenters. The number of aromatic nitrogens is 2. The summed E-state index contributed by atoms with van der Waals surface area (Å²) in [6.07, 6.45) is 3.26. The summed E-state index contributed by atoms with van der Waals surface area (Å²) >= 11 is 0. The quantitative estimate of drug-likeness (QED) is 0.774. The molecule has 0 aliphatic rings. The minimum atomic E-state index is 0.287. The molecule has 4 heteroatoms.